The van der Waals surface area contributed by atoms with Gasteiger partial charge in [0.25, 0.3) is 0 Å². The van der Waals surface area contributed by atoms with Crippen LogP contribution in [0.2, 0.25) is 0 Å². The summed E-state index contributed by atoms with van der Waals surface area (Å²) in [4.78, 5) is 11.3. The van der Waals surface area contributed by atoms with Crippen molar-refractivity contribution < 1.29 is 0 Å². The normalized spacial score (nSPS) is 13.0. The fraction of sp³-hybridized carbons (Fsp3) is 0. The maximum atomic E-state index is 4.46. The Morgan fingerprint density at radius 2 is 1.50 bits per heavy atom. The van der Waals surface area contributed by atoms with Crippen LogP contribution in [0.15, 0.2) is 76.8 Å². The number of pyridine rings is 2. The number of fused-ring (bicyclic) bond motifs is 1. The molecule has 1 aliphatic rings. The third-order valence-electron chi connectivity index (χ3n) is 3.09. The van der Waals surface area contributed by atoms with E-state index in [4.69, 9.17) is 0 Å². The van der Waals surface area contributed by atoms with Gasteiger partial charge in [-0.2, -0.15) is 0 Å². The summed E-state index contributed by atoms with van der Waals surface area (Å²) in [6.07, 6.45) is 3.63. The maximum absolute atomic E-state index is 4.46. The second-order valence-electron chi connectivity index (χ2n) is 4.63. The summed E-state index contributed by atoms with van der Waals surface area (Å²) in [5.74, 6) is 1.58. The number of rotatable bonds is 3. The van der Waals surface area contributed by atoms with Gasteiger partial charge >= 0.3 is 0 Å². The highest BCUT2D eigenvalue weighted by atomic mass is 32.2. The predicted octanol–water partition coefficient (Wildman–Crippen LogP) is 4.75. The third kappa shape index (κ3) is 2.75. The lowest BCUT2D eigenvalue weighted by Gasteiger charge is -2.14. The molecule has 1 N–H and O–H groups in total. The van der Waals surface area contributed by atoms with Crippen molar-refractivity contribution in [3.63, 3.8) is 0 Å². The van der Waals surface area contributed by atoms with E-state index in [1.54, 1.807) is 30.1 Å². The van der Waals surface area contributed by atoms with E-state index < -0.39 is 0 Å². The van der Waals surface area contributed by atoms with Crippen molar-refractivity contribution in [2.24, 2.45) is 0 Å². The molecule has 0 saturated heterocycles. The van der Waals surface area contributed by atoms with Gasteiger partial charge in [0.05, 0.1) is 11.9 Å². The topological polar surface area (TPSA) is 41.0 Å². The van der Waals surface area contributed by atoms with Crippen LogP contribution in [0.5, 0.6) is 0 Å². The summed E-state index contributed by atoms with van der Waals surface area (Å²) in [5, 5.41) is 3.18. The van der Waals surface area contributed by atoms with Gasteiger partial charge < -0.3 is 5.32 Å². The molecular formula is C16H12N4S2. The lowest BCUT2D eigenvalue weighted by molar-refractivity contribution is 1.25. The first-order valence-corrected chi connectivity index (χ1v) is 8.32. The Morgan fingerprint density at radius 1 is 0.773 bits per heavy atom. The Kier molecular flexibility index (Phi) is 3.62. The van der Waals surface area contributed by atoms with E-state index >= 15 is 0 Å². The van der Waals surface area contributed by atoms with Crippen molar-refractivity contribution in [1.29, 1.82) is 0 Å². The van der Waals surface area contributed by atoms with Crippen LogP contribution >= 0.6 is 23.9 Å². The molecular weight excluding hydrogens is 312 g/mol. The molecule has 0 radical (unpaired) electrons. The van der Waals surface area contributed by atoms with Gasteiger partial charge in [-0.15, -0.1) is 0 Å². The Hall–Kier alpha value is -2.18. The van der Waals surface area contributed by atoms with Crippen molar-refractivity contribution in [3.05, 3.63) is 67.0 Å². The van der Waals surface area contributed by atoms with Crippen LogP contribution in [0.25, 0.3) is 0 Å². The van der Waals surface area contributed by atoms with Crippen LogP contribution in [0.3, 0.4) is 0 Å². The summed E-state index contributed by atoms with van der Waals surface area (Å²) in [6, 6.07) is 18.2. The molecule has 108 valence electrons. The molecule has 0 atom stereocenters. The first-order chi connectivity index (χ1) is 10.9. The van der Waals surface area contributed by atoms with Crippen molar-refractivity contribution in [2.75, 3.05) is 9.03 Å². The van der Waals surface area contributed by atoms with Gasteiger partial charge in [0, 0.05) is 39.9 Å². The number of nitrogens with one attached hydrogen (secondary N) is 1. The SMILES string of the molecule is c1ccc(Nc2ccc(N3Sc4ccccc4S3)cn2)nc1. The highest BCUT2D eigenvalue weighted by Crippen LogP contribution is 2.48. The number of benzene rings is 1. The zero-order chi connectivity index (χ0) is 14.8. The van der Waals surface area contributed by atoms with Gasteiger partial charge in [-0.3, -0.25) is 0 Å². The number of anilines is 3. The molecule has 0 fully saturated rings. The molecule has 2 aromatic heterocycles. The lowest BCUT2D eigenvalue weighted by Crippen LogP contribution is -2.00. The van der Waals surface area contributed by atoms with Gasteiger partial charge in [-0.05, 0) is 36.4 Å². The Balaban J connectivity index is 1.49. The molecule has 0 spiro atoms. The van der Waals surface area contributed by atoms with Gasteiger partial charge in [0.2, 0.25) is 0 Å². The van der Waals surface area contributed by atoms with Gasteiger partial charge in [0.1, 0.15) is 11.6 Å². The van der Waals surface area contributed by atoms with Crippen LogP contribution in [0, 0.1) is 0 Å². The van der Waals surface area contributed by atoms with Crippen molar-refractivity contribution in [3.8, 4) is 0 Å². The van der Waals surface area contributed by atoms with Crippen LogP contribution < -0.4 is 9.03 Å². The van der Waals surface area contributed by atoms with Crippen molar-refractivity contribution >= 4 is 41.2 Å². The van der Waals surface area contributed by atoms with E-state index in [-0.39, 0.29) is 0 Å². The molecule has 1 aliphatic heterocycles. The van der Waals surface area contributed by atoms with Crippen LogP contribution in [-0.2, 0) is 0 Å². The second-order valence-corrected chi connectivity index (χ2v) is 6.83. The van der Waals surface area contributed by atoms with E-state index in [9.17, 15) is 0 Å². The molecule has 6 heteroatoms. The standard InChI is InChI=1S/C16H12N4S2/c1-2-6-14-13(5-1)21-20(22-14)12-8-9-16(18-11-12)19-15-7-3-4-10-17-15/h1-11H,(H,17,18,19). The van der Waals surface area contributed by atoms with E-state index in [0.717, 1.165) is 17.3 Å². The van der Waals surface area contributed by atoms with E-state index in [2.05, 4.69) is 49.3 Å². The molecule has 22 heavy (non-hydrogen) atoms. The average molecular weight is 324 g/mol. The summed E-state index contributed by atoms with van der Waals surface area (Å²) in [6.45, 7) is 0. The van der Waals surface area contributed by atoms with Crippen molar-refractivity contribution in [1.82, 2.24) is 9.97 Å². The summed E-state index contributed by atoms with van der Waals surface area (Å²) in [7, 11) is 0. The average Bonchev–Trinajstić information content (AvgIpc) is 3.00. The smallest absolute Gasteiger partial charge is 0.131 e. The minimum atomic E-state index is 0.786. The maximum Gasteiger partial charge on any atom is 0.131 e. The minimum absolute atomic E-state index is 0.786. The molecule has 0 unspecified atom stereocenters. The van der Waals surface area contributed by atoms with E-state index in [1.165, 1.54) is 9.79 Å². The molecule has 4 nitrogen and oxygen atoms in total. The Bertz CT molecular complexity index is 753. The van der Waals surface area contributed by atoms with Gasteiger partial charge in [0.15, 0.2) is 0 Å². The fourth-order valence-corrected chi connectivity index (χ4v) is 4.27. The number of hydrogen-bond acceptors (Lipinski definition) is 6. The molecule has 4 rings (SSSR count). The quantitative estimate of drug-likeness (QED) is 0.701. The zero-order valence-corrected chi connectivity index (χ0v) is 13.1. The first kappa shape index (κ1) is 13.5. The monoisotopic (exact) mass is 324 g/mol. The summed E-state index contributed by atoms with van der Waals surface area (Å²) in [5.41, 5.74) is 1.07. The van der Waals surface area contributed by atoms with E-state index in [1.807, 2.05) is 30.5 Å². The molecule has 0 amide bonds. The molecule has 0 saturated carbocycles. The number of hydrogen-bond donors (Lipinski definition) is 1. The Labute approximate surface area is 137 Å². The largest absolute Gasteiger partial charge is 0.325 e. The molecule has 0 bridgehead atoms. The predicted molar refractivity (Wildman–Crippen MR) is 92.4 cm³/mol. The highest BCUT2D eigenvalue weighted by Gasteiger charge is 2.21. The highest BCUT2D eigenvalue weighted by molar-refractivity contribution is 8.20. The van der Waals surface area contributed by atoms with Crippen LogP contribution in [-0.4, -0.2) is 9.97 Å². The van der Waals surface area contributed by atoms with Gasteiger partial charge in [-0.25, -0.2) is 13.7 Å². The Morgan fingerprint density at radius 3 is 2.14 bits per heavy atom. The molecule has 3 heterocycles. The first-order valence-electron chi connectivity index (χ1n) is 6.78. The van der Waals surface area contributed by atoms with Crippen LogP contribution in [0.1, 0.15) is 0 Å². The second kappa shape index (κ2) is 5.90. The van der Waals surface area contributed by atoms with Crippen LogP contribution in [0.4, 0.5) is 17.3 Å². The molecule has 3 aromatic rings. The zero-order valence-electron chi connectivity index (χ0n) is 11.5. The van der Waals surface area contributed by atoms with Crippen molar-refractivity contribution in [2.45, 2.75) is 9.79 Å². The van der Waals surface area contributed by atoms with Gasteiger partial charge in [-0.1, -0.05) is 18.2 Å². The lowest BCUT2D eigenvalue weighted by atomic mass is 10.4. The third-order valence-corrected chi connectivity index (χ3v) is 5.53. The summed E-state index contributed by atoms with van der Waals surface area (Å²) < 4.78 is 2.17. The summed E-state index contributed by atoms with van der Waals surface area (Å²) >= 11 is 3.45. The number of aromatic nitrogens is 2. The molecule has 1 aromatic carbocycles. The fourth-order valence-electron chi connectivity index (χ4n) is 2.04. The molecule has 0 aliphatic carbocycles. The minimum Gasteiger partial charge on any atom is -0.325 e. The van der Waals surface area contributed by atoms with E-state index in [0.29, 0.717) is 0 Å². The number of nitrogens with zero attached hydrogens (tertiary/aromatic N) is 3.